The van der Waals surface area contributed by atoms with Crippen LogP contribution >= 0.6 is 27.5 Å². The molecule has 0 spiro atoms. The number of rotatable bonds is 4. The lowest BCUT2D eigenvalue weighted by Gasteiger charge is -2.17. The number of methoxy groups -OCH3 is 1. The van der Waals surface area contributed by atoms with E-state index in [-0.39, 0.29) is 5.54 Å². The monoisotopic (exact) mass is 372 g/mol. The van der Waals surface area contributed by atoms with Crippen LogP contribution in [0.15, 0.2) is 22.8 Å². The van der Waals surface area contributed by atoms with Gasteiger partial charge >= 0.3 is 0 Å². The van der Waals surface area contributed by atoms with E-state index in [1.807, 2.05) is 16.9 Å². The van der Waals surface area contributed by atoms with Crippen LogP contribution in [-0.4, -0.2) is 22.1 Å². The number of nitrogens with one attached hydrogen (secondary N) is 1. The molecule has 0 saturated heterocycles. The Morgan fingerprint density at radius 1 is 1.38 bits per heavy atom. The fourth-order valence-electron chi connectivity index (χ4n) is 1.79. The van der Waals surface area contributed by atoms with Gasteiger partial charge in [-0.1, -0.05) is 16.8 Å². The first-order valence-corrected chi connectivity index (χ1v) is 7.67. The maximum absolute atomic E-state index is 6.07. The smallest absolute Gasteiger partial charge is 0.156 e. The molecule has 0 amide bonds. The minimum absolute atomic E-state index is 0.0813. The summed E-state index contributed by atoms with van der Waals surface area (Å²) in [6, 6.07) is 3.61. The zero-order valence-electron chi connectivity index (χ0n) is 12.4. The van der Waals surface area contributed by atoms with Gasteiger partial charge in [0.05, 0.1) is 35.6 Å². The number of anilines is 1. The summed E-state index contributed by atoms with van der Waals surface area (Å²) in [5.74, 6) is 0.711. The molecule has 1 aromatic carbocycles. The quantitative estimate of drug-likeness (QED) is 0.877. The first-order valence-electron chi connectivity index (χ1n) is 6.50. The molecule has 7 heteroatoms. The lowest BCUT2D eigenvalue weighted by Crippen LogP contribution is -2.22. The summed E-state index contributed by atoms with van der Waals surface area (Å²) < 4.78 is 8.02. The SMILES string of the molecule is COc1c(Br)cc(Cl)cc1NCc1cn(C(C)(C)C)nn1. The standard InChI is InChI=1S/C14H18BrClN4O/c1-14(2,3)20-8-10(18-19-20)7-17-12-6-9(16)5-11(15)13(12)21-4/h5-6,8,17H,7H2,1-4H3. The molecule has 0 atom stereocenters. The first kappa shape index (κ1) is 16.1. The predicted octanol–water partition coefficient (Wildman–Crippen LogP) is 4.07. The van der Waals surface area contributed by atoms with Crippen LogP contribution in [0.3, 0.4) is 0 Å². The predicted molar refractivity (Wildman–Crippen MR) is 88.0 cm³/mol. The fourth-order valence-corrected chi connectivity index (χ4v) is 2.76. The van der Waals surface area contributed by atoms with Crippen molar-refractivity contribution in [3.05, 3.63) is 33.5 Å². The van der Waals surface area contributed by atoms with Gasteiger partial charge in [-0.3, -0.25) is 0 Å². The van der Waals surface area contributed by atoms with Crippen LogP contribution in [0.1, 0.15) is 26.5 Å². The Bertz CT molecular complexity index is 636. The Hall–Kier alpha value is -1.27. The van der Waals surface area contributed by atoms with Crippen molar-refractivity contribution in [3.8, 4) is 5.75 Å². The highest BCUT2D eigenvalue weighted by atomic mass is 79.9. The van der Waals surface area contributed by atoms with Gasteiger partial charge in [-0.25, -0.2) is 4.68 Å². The number of benzene rings is 1. The van der Waals surface area contributed by atoms with E-state index in [2.05, 4.69) is 52.3 Å². The first-order chi connectivity index (χ1) is 9.81. The third-order valence-electron chi connectivity index (χ3n) is 2.90. The average molecular weight is 374 g/mol. The van der Waals surface area contributed by atoms with Gasteiger partial charge in [-0.15, -0.1) is 5.10 Å². The van der Waals surface area contributed by atoms with E-state index in [4.69, 9.17) is 16.3 Å². The van der Waals surface area contributed by atoms with E-state index in [1.165, 1.54) is 0 Å². The van der Waals surface area contributed by atoms with E-state index in [9.17, 15) is 0 Å². The molecule has 0 bridgehead atoms. The summed E-state index contributed by atoms with van der Waals surface area (Å²) in [5, 5.41) is 12.2. The van der Waals surface area contributed by atoms with Gasteiger partial charge in [0, 0.05) is 5.02 Å². The van der Waals surface area contributed by atoms with Gasteiger partial charge < -0.3 is 10.1 Å². The van der Waals surface area contributed by atoms with Crippen LogP contribution in [-0.2, 0) is 12.1 Å². The van der Waals surface area contributed by atoms with Crippen molar-refractivity contribution in [3.63, 3.8) is 0 Å². The molecule has 0 aliphatic rings. The molecule has 5 nitrogen and oxygen atoms in total. The second-order valence-corrected chi connectivity index (χ2v) is 6.94. The van der Waals surface area contributed by atoms with Crippen LogP contribution in [0.2, 0.25) is 5.02 Å². The second-order valence-electron chi connectivity index (χ2n) is 5.65. The molecule has 0 saturated carbocycles. The van der Waals surface area contributed by atoms with Crippen molar-refractivity contribution in [1.82, 2.24) is 15.0 Å². The lowest BCUT2D eigenvalue weighted by atomic mass is 10.1. The molecule has 2 rings (SSSR count). The molecule has 0 unspecified atom stereocenters. The van der Waals surface area contributed by atoms with Crippen molar-refractivity contribution in [2.24, 2.45) is 0 Å². The Kier molecular flexibility index (Phi) is 4.78. The molecular weight excluding hydrogens is 356 g/mol. The molecule has 114 valence electrons. The summed E-state index contributed by atoms with van der Waals surface area (Å²) in [6.07, 6.45) is 1.93. The largest absolute Gasteiger partial charge is 0.493 e. The highest BCUT2D eigenvalue weighted by molar-refractivity contribution is 9.10. The van der Waals surface area contributed by atoms with Crippen LogP contribution in [0.4, 0.5) is 5.69 Å². The van der Waals surface area contributed by atoms with E-state index < -0.39 is 0 Å². The maximum Gasteiger partial charge on any atom is 0.156 e. The Morgan fingerprint density at radius 3 is 2.67 bits per heavy atom. The van der Waals surface area contributed by atoms with Gasteiger partial charge in [-0.2, -0.15) is 0 Å². The number of hydrogen-bond donors (Lipinski definition) is 1. The van der Waals surface area contributed by atoms with Crippen molar-refractivity contribution in [2.75, 3.05) is 12.4 Å². The van der Waals surface area contributed by atoms with Crippen molar-refractivity contribution in [1.29, 1.82) is 0 Å². The van der Waals surface area contributed by atoms with Gasteiger partial charge in [0.25, 0.3) is 0 Å². The van der Waals surface area contributed by atoms with Crippen LogP contribution in [0.5, 0.6) is 5.75 Å². The lowest BCUT2D eigenvalue weighted by molar-refractivity contribution is 0.347. The maximum atomic E-state index is 6.07. The minimum atomic E-state index is -0.0813. The molecule has 2 aromatic rings. The molecule has 1 aromatic heterocycles. The molecule has 0 aliphatic carbocycles. The van der Waals surface area contributed by atoms with Gasteiger partial charge in [0.15, 0.2) is 5.75 Å². The van der Waals surface area contributed by atoms with Crippen LogP contribution < -0.4 is 10.1 Å². The molecule has 0 radical (unpaired) electrons. The molecule has 1 N–H and O–H groups in total. The molecule has 1 heterocycles. The second kappa shape index (κ2) is 6.23. The summed E-state index contributed by atoms with van der Waals surface area (Å²) in [4.78, 5) is 0. The van der Waals surface area contributed by atoms with Gasteiger partial charge in [0.2, 0.25) is 0 Å². The van der Waals surface area contributed by atoms with E-state index >= 15 is 0 Å². The van der Waals surface area contributed by atoms with Crippen molar-refractivity contribution in [2.45, 2.75) is 32.9 Å². The topological polar surface area (TPSA) is 52.0 Å². The fraction of sp³-hybridized carbons (Fsp3) is 0.429. The molecule has 21 heavy (non-hydrogen) atoms. The normalized spacial score (nSPS) is 11.5. The summed E-state index contributed by atoms with van der Waals surface area (Å²) >= 11 is 9.50. The van der Waals surface area contributed by atoms with Gasteiger partial charge in [0.1, 0.15) is 5.69 Å². The number of ether oxygens (including phenoxy) is 1. The highest BCUT2D eigenvalue weighted by Gasteiger charge is 2.15. The average Bonchev–Trinajstić information content (AvgIpc) is 2.84. The summed E-state index contributed by atoms with van der Waals surface area (Å²) in [7, 11) is 1.62. The summed E-state index contributed by atoms with van der Waals surface area (Å²) in [5.41, 5.74) is 1.58. The number of hydrogen-bond acceptors (Lipinski definition) is 4. The Balaban J connectivity index is 2.15. The summed E-state index contributed by atoms with van der Waals surface area (Å²) in [6.45, 7) is 6.78. The van der Waals surface area contributed by atoms with Crippen molar-refractivity contribution < 1.29 is 4.74 Å². The number of nitrogens with zero attached hydrogens (tertiary/aromatic N) is 3. The van der Waals surface area contributed by atoms with Crippen LogP contribution in [0.25, 0.3) is 0 Å². The van der Waals surface area contributed by atoms with Gasteiger partial charge in [-0.05, 0) is 48.8 Å². The molecule has 0 aliphatic heterocycles. The minimum Gasteiger partial charge on any atom is -0.493 e. The van der Waals surface area contributed by atoms with Crippen LogP contribution in [0, 0.1) is 0 Å². The zero-order chi connectivity index (χ0) is 15.6. The Labute approximate surface area is 137 Å². The number of aromatic nitrogens is 3. The van der Waals surface area contributed by atoms with E-state index in [0.717, 1.165) is 15.9 Å². The highest BCUT2D eigenvalue weighted by Crippen LogP contribution is 2.36. The van der Waals surface area contributed by atoms with E-state index in [1.54, 1.807) is 13.2 Å². The third-order valence-corrected chi connectivity index (χ3v) is 3.71. The van der Waals surface area contributed by atoms with Crippen molar-refractivity contribution >= 4 is 33.2 Å². The zero-order valence-corrected chi connectivity index (χ0v) is 14.8. The van der Waals surface area contributed by atoms with E-state index in [0.29, 0.717) is 17.3 Å². The molecule has 0 fully saturated rings. The number of halogens is 2. The molecular formula is C14H18BrClN4O. The Morgan fingerprint density at radius 2 is 2.10 bits per heavy atom. The third kappa shape index (κ3) is 3.89.